The van der Waals surface area contributed by atoms with Gasteiger partial charge in [-0.15, -0.1) is 0 Å². The second-order valence-electron chi connectivity index (χ2n) is 7.63. The molecule has 0 saturated carbocycles. The molecule has 162 valence electrons. The van der Waals surface area contributed by atoms with Gasteiger partial charge in [-0.1, -0.05) is 25.0 Å². The summed E-state index contributed by atoms with van der Waals surface area (Å²) in [5.74, 6) is 0.247. The Hall–Kier alpha value is -2.69. The zero-order chi connectivity index (χ0) is 22.3. The molecule has 0 N–H and O–H groups in total. The van der Waals surface area contributed by atoms with E-state index in [2.05, 4.69) is 0 Å². The van der Waals surface area contributed by atoms with Crippen LogP contribution in [0, 0.1) is 26.6 Å². The molecule has 0 radical (unpaired) electrons. The number of aldehydes is 1. The van der Waals surface area contributed by atoms with Crippen molar-refractivity contribution in [3.05, 3.63) is 63.5 Å². The van der Waals surface area contributed by atoms with E-state index >= 15 is 0 Å². The van der Waals surface area contributed by atoms with Crippen LogP contribution in [0.1, 0.15) is 76.2 Å². The molecule has 0 aliphatic rings. The van der Waals surface area contributed by atoms with E-state index in [4.69, 9.17) is 9.47 Å². The monoisotopic (exact) mass is 414 g/mol. The van der Waals surface area contributed by atoms with Gasteiger partial charge in [-0.2, -0.15) is 0 Å². The minimum atomic E-state index is -0.284. The number of halogens is 1. The SMILES string of the molecule is COC(=O)CCCCCC(c1ccc(F)cc1)c1c(C)c(C=O)c(C)c(C)c1OC. The highest BCUT2D eigenvalue weighted by Crippen LogP contribution is 2.42. The van der Waals surface area contributed by atoms with Crippen LogP contribution in [-0.2, 0) is 9.53 Å². The Kier molecular flexibility index (Phi) is 8.58. The zero-order valence-electron chi connectivity index (χ0n) is 18.5. The third-order valence-corrected chi connectivity index (χ3v) is 5.90. The molecule has 30 heavy (non-hydrogen) atoms. The van der Waals surface area contributed by atoms with Crippen LogP contribution in [0.2, 0.25) is 0 Å². The van der Waals surface area contributed by atoms with E-state index < -0.39 is 0 Å². The van der Waals surface area contributed by atoms with Gasteiger partial charge in [0.1, 0.15) is 11.6 Å². The fraction of sp³-hybridized carbons (Fsp3) is 0.440. The van der Waals surface area contributed by atoms with Crippen molar-refractivity contribution in [1.82, 2.24) is 0 Å². The third-order valence-electron chi connectivity index (χ3n) is 5.90. The fourth-order valence-corrected chi connectivity index (χ4v) is 4.10. The van der Waals surface area contributed by atoms with Crippen molar-refractivity contribution in [1.29, 1.82) is 0 Å². The van der Waals surface area contributed by atoms with Gasteiger partial charge in [0, 0.05) is 23.5 Å². The lowest BCUT2D eigenvalue weighted by molar-refractivity contribution is -0.140. The first-order valence-corrected chi connectivity index (χ1v) is 10.3. The van der Waals surface area contributed by atoms with Gasteiger partial charge in [0.05, 0.1) is 14.2 Å². The van der Waals surface area contributed by atoms with Crippen LogP contribution in [0.5, 0.6) is 5.75 Å². The van der Waals surface area contributed by atoms with Crippen molar-refractivity contribution in [3.8, 4) is 5.75 Å². The van der Waals surface area contributed by atoms with E-state index in [1.807, 2.05) is 20.8 Å². The first-order valence-electron chi connectivity index (χ1n) is 10.3. The minimum Gasteiger partial charge on any atom is -0.496 e. The Morgan fingerprint density at radius 2 is 1.67 bits per heavy atom. The number of carbonyl (C=O) groups is 2. The molecule has 2 aromatic carbocycles. The van der Waals surface area contributed by atoms with Crippen molar-refractivity contribution < 1.29 is 23.5 Å². The smallest absolute Gasteiger partial charge is 0.305 e. The van der Waals surface area contributed by atoms with Crippen LogP contribution in [0.25, 0.3) is 0 Å². The van der Waals surface area contributed by atoms with Gasteiger partial charge in [-0.3, -0.25) is 9.59 Å². The molecule has 0 heterocycles. The molecular formula is C25H31FO4. The molecule has 1 atom stereocenters. The summed E-state index contributed by atoms with van der Waals surface area (Å²) in [6.07, 6.45) is 4.61. The molecule has 0 aliphatic carbocycles. The molecule has 0 bridgehead atoms. The maximum Gasteiger partial charge on any atom is 0.305 e. The molecule has 5 heteroatoms. The lowest BCUT2D eigenvalue weighted by Crippen LogP contribution is -2.11. The quantitative estimate of drug-likeness (QED) is 0.279. The van der Waals surface area contributed by atoms with Crippen molar-refractivity contribution in [2.24, 2.45) is 0 Å². The van der Waals surface area contributed by atoms with Crippen molar-refractivity contribution in [3.63, 3.8) is 0 Å². The van der Waals surface area contributed by atoms with Crippen LogP contribution < -0.4 is 4.74 Å². The Balaban J connectivity index is 2.44. The number of carbonyl (C=O) groups excluding carboxylic acids is 2. The number of hydrogen-bond donors (Lipinski definition) is 0. The maximum atomic E-state index is 13.6. The van der Waals surface area contributed by atoms with E-state index in [1.165, 1.54) is 19.2 Å². The van der Waals surface area contributed by atoms with Crippen LogP contribution in [0.4, 0.5) is 4.39 Å². The van der Waals surface area contributed by atoms with Crippen LogP contribution in [0.3, 0.4) is 0 Å². The van der Waals surface area contributed by atoms with Gasteiger partial charge < -0.3 is 9.47 Å². The lowest BCUT2D eigenvalue weighted by Gasteiger charge is -2.26. The molecular weight excluding hydrogens is 383 g/mol. The van der Waals surface area contributed by atoms with E-state index in [9.17, 15) is 14.0 Å². The van der Waals surface area contributed by atoms with E-state index in [0.29, 0.717) is 12.0 Å². The number of hydrogen-bond acceptors (Lipinski definition) is 4. The molecule has 0 aromatic heterocycles. The molecule has 2 rings (SSSR count). The number of rotatable bonds is 10. The number of unbranched alkanes of at least 4 members (excludes halogenated alkanes) is 2. The van der Waals surface area contributed by atoms with Crippen molar-refractivity contribution in [2.45, 2.75) is 58.8 Å². The molecule has 0 fully saturated rings. The second-order valence-corrected chi connectivity index (χ2v) is 7.63. The first kappa shape index (κ1) is 23.6. The van der Waals surface area contributed by atoms with Gasteiger partial charge in [0.25, 0.3) is 0 Å². The number of ether oxygens (including phenoxy) is 2. The van der Waals surface area contributed by atoms with Gasteiger partial charge in [0.15, 0.2) is 6.29 Å². The van der Waals surface area contributed by atoms with Crippen molar-refractivity contribution >= 4 is 12.3 Å². The highest BCUT2D eigenvalue weighted by molar-refractivity contribution is 5.82. The van der Waals surface area contributed by atoms with Gasteiger partial charge in [0.2, 0.25) is 0 Å². The first-order chi connectivity index (χ1) is 14.3. The number of benzene rings is 2. The summed E-state index contributed by atoms with van der Waals surface area (Å²) in [6, 6.07) is 6.51. The van der Waals surface area contributed by atoms with Crippen LogP contribution >= 0.6 is 0 Å². The molecule has 4 nitrogen and oxygen atoms in total. The fourth-order valence-electron chi connectivity index (χ4n) is 4.10. The Labute approximate surface area is 178 Å². The molecule has 2 aromatic rings. The van der Waals surface area contributed by atoms with E-state index in [-0.39, 0.29) is 17.7 Å². The highest BCUT2D eigenvalue weighted by Gasteiger charge is 2.25. The normalized spacial score (nSPS) is 11.8. The number of methoxy groups -OCH3 is 2. The summed E-state index contributed by atoms with van der Waals surface area (Å²) in [5.41, 5.74) is 5.39. The van der Waals surface area contributed by atoms with Crippen LogP contribution in [-0.4, -0.2) is 26.5 Å². The third kappa shape index (κ3) is 5.26. The second kappa shape index (κ2) is 10.9. The Bertz CT molecular complexity index is 887. The lowest BCUT2D eigenvalue weighted by atomic mass is 9.80. The highest BCUT2D eigenvalue weighted by atomic mass is 19.1. The topological polar surface area (TPSA) is 52.6 Å². The van der Waals surface area contributed by atoms with Crippen molar-refractivity contribution in [2.75, 3.05) is 14.2 Å². The van der Waals surface area contributed by atoms with Gasteiger partial charge >= 0.3 is 5.97 Å². The van der Waals surface area contributed by atoms with E-state index in [1.54, 1.807) is 19.2 Å². The van der Waals surface area contributed by atoms with E-state index in [0.717, 1.165) is 65.5 Å². The van der Waals surface area contributed by atoms with Gasteiger partial charge in [-0.05, 0) is 68.0 Å². The summed E-state index contributed by atoms with van der Waals surface area (Å²) in [7, 11) is 3.04. The standard InChI is InChI=1S/C25H31FO4/c1-16-17(2)25(30-5)24(18(3)22(16)15-27)21(19-11-13-20(26)14-12-19)9-7-6-8-10-23(28)29-4/h11-15,21H,6-10H2,1-5H3. The molecule has 0 aliphatic heterocycles. The summed E-state index contributed by atoms with van der Waals surface area (Å²) >= 11 is 0. The molecule has 1 unspecified atom stereocenters. The average molecular weight is 415 g/mol. The summed E-state index contributed by atoms with van der Waals surface area (Å²) in [5, 5.41) is 0. The number of esters is 1. The largest absolute Gasteiger partial charge is 0.496 e. The molecule has 0 spiro atoms. The Morgan fingerprint density at radius 1 is 1.00 bits per heavy atom. The predicted molar refractivity (Wildman–Crippen MR) is 116 cm³/mol. The van der Waals surface area contributed by atoms with Gasteiger partial charge in [-0.25, -0.2) is 4.39 Å². The minimum absolute atomic E-state index is 0.0447. The maximum absolute atomic E-state index is 13.6. The summed E-state index contributed by atoms with van der Waals surface area (Å²) in [4.78, 5) is 23.2. The molecule has 0 amide bonds. The summed E-state index contributed by atoms with van der Waals surface area (Å²) < 4.78 is 24.0. The molecule has 0 saturated heterocycles. The average Bonchev–Trinajstić information content (AvgIpc) is 2.74. The predicted octanol–water partition coefficient (Wildman–Crippen LogP) is 5.83. The van der Waals surface area contributed by atoms with Crippen LogP contribution in [0.15, 0.2) is 24.3 Å². The Morgan fingerprint density at radius 3 is 2.23 bits per heavy atom. The summed E-state index contributed by atoms with van der Waals surface area (Å²) in [6.45, 7) is 5.84. The zero-order valence-corrected chi connectivity index (χ0v) is 18.5.